The molecular formula is C16H32N2O. The molecule has 0 aromatic carbocycles. The minimum absolute atomic E-state index is 0.238. The molecule has 0 spiro atoms. The largest absolute Gasteiger partial charge is 0.383 e. The maximum atomic E-state index is 5.54. The molecule has 2 unspecified atom stereocenters. The van der Waals surface area contributed by atoms with Gasteiger partial charge in [-0.1, -0.05) is 12.8 Å². The minimum atomic E-state index is 0.238. The summed E-state index contributed by atoms with van der Waals surface area (Å²) in [6.07, 6.45) is 9.36. The van der Waals surface area contributed by atoms with Gasteiger partial charge < -0.3 is 10.1 Å². The quantitative estimate of drug-likeness (QED) is 0.830. The summed E-state index contributed by atoms with van der Waals surface area (Å²) in [6, 6.07) is 1.42. The topological polar surface area (TPSA) is 24.5 Å². The molecular weight excluding hydrogens is 236 g/mol. The highest BCUT2D eigenvalue weighted by Gasteiger charge is 2.37. The Bertz CT molecular complexity index is 256. The lowest BCUT2D eigenvalue weighted by atomic mass is 9.81. The van der Waals surface area contributed by atoms with Crippen molar-refractivity contribution < 1.29 is 4.74 Å². The highest BCUT2D eigenvalue weighted by Crippen LogP contribution is 2.31. The molecule has 2 atom stereocenters. The molecule has 112 valence electrons. The van der Waals surface area contributed by atoms with E-state index in [2.05, 4.69) is 24.1 Å². The summed E-state index contributed by atoms with van der Waals surface area (Å²) >= 11 is 0. The predicted molar refractivity (Wildman–Crippen MR) is 80.6 cm³/mol. The fraction of sp³-hybridized carbons (Fsp3) is 1.00. The number of likely N-dealkylation sites (tertiary alicyclic amines) is 1. The van der Waals surface area contributed by atoms with E-state index in [1.54, 1.807) is 0 Å². The third-order valence-corrected chi connectivity index (χ3v) is 4.97. The van der Waals surface area contributed by atoms with E-state index < -0.39 is 0 Å². The molecule has 0 bridgehead atoms. The summed E-state index contributed by atoms with van der Waals surface area (Å²) in [5.41, 5.74) is 0.238. The van der Waals surface area contributed by atoms with Crippen LogP contribution in [0.5, 0.6) is 0 Å². The van der Waals surface area contributed by atoms with Crippen LogP contribution in [-0.2, 0) is 4.74 Å². The lowest BCUT2D eigenvalue weighted by molar-refractivity contribution is 0.0331. The number of rotatable bonds is 5. The first-order valence-electron chi connectivity index (χ1n) is 8.16. The molecule has 2 rings (SSSR count). The molecule has 2 saturated heterocycles. The molecule has 0 aliphatic carbocycles. The van der Waals surface area contributed by atoms with Gasteiger partial charge in [0.1, 0.15) is 0 Å². The molecule has 0 saturated carbocycles. The fourth-order valence-corrected chi connectivity index (χ4v) is 4.04. The normalized spacial score (nSPS) is 33.8. The highest BCUT2D eigenvalue weighted by atomic mass is 16.5. The monoisotopic (exact) mass is 268 g/mol. The summed E-state index contributed by atoms with van der Waals surface area (Å²) in [6.45, 7) is 8.00. The van der Waals surface area contributed by atoms with Crippen LogP contribution in [0.1, 0.15) is 58.8 Å². The van der Waals surface area contributed by atoms with Gasteiger partial charge in [0.05, 0.1) is 6.61 Å². The van der Waals surface area contributed by atoms with E-state index in [0.29, 0.717) is 6.04 Å². The Morgan fingerprint density at radius 2 is 2.11 bits per heavy atom. The van der Waals surface area contributed by atoms with Crippen LogP contribution in [0.25, 0.3) is 0 Å². The van der Waals surface area contributed by atoms with Gasteiger partial charge in [-0.15, -0.1) is 0 Å². The van der Waals surface area contributed by atoms with Crippen molar-refractivity contribution >= 4 is 0 Å². The first kappa shape index (κ1) is 15.3. The molecule has 19 heavy (non-hydrogen) atoms. The van der Waals surface area contributed by atoms with Crippen LogP contribution >= 0.6 is 0 Å². The molecule has 0 amide bonds. The second-order valence-corrected chi connectivity index (χ2v) is 6.78. The lowest BCUT2D eigenvalue weighted by Gasteiger charge is -2.46. The van der Waals surface area contributed by atoms with Crippen LogP contribution in [0.3, 0.4) is 0 Å². The van der Waals surface area contributed by atoms with Gasteiger partial charge in [0.25, 0.3) is 0 Å². The van der Waals surface area contributed by atoms with Crippen molar-refractivity contribution in [1.82, 2.24) is 10.2 Å². The Balaban J connectivity index is 2.01. The zero-order chi connectivity index (χ0) is 13.7. The van der Waals surface area contributed by atoms with Crippen molar-refractivity contribution in [3.8, 4) is 0 Å². The van der Waals surface area contributed by atoms with Gasteiger partial charge in [0.2, 0.25) is 0 Å². The van der Waals surface area contributed by atoms with Crippen molar-refractivity contribution in [2.45, 2.75) is 76.4 Å². The summed E-state index contributed by atoms with van der Waals surface area (Å²) in [7, 11) is 1.85. The smallest absolute Gasteiger partial charge is 0.0645 e. The van der Waals surface area contributed by atoms with Crippen LogP contribution in [0.15, 0.2) is 0 Å². The number of methoxy groups -OCH3 is 1. The van der Waals surface area contributed by atoms with Crippen molar-refractivity contribution in [3.63, 3.8) is 0 Å². The Morgan fingerprint density at radius 1 is 1.26 bits per heavy atom. The van der Waals surface area contributed by atoms with E-state index >= 15 is 0 Å². The molecule has 1 N–H and O–H groups in total. The maximum Gasteiger partial charge on any atom is 0.0645 e. The van der Waals surface area contributed by atoms with Crippen molar-refractivity contribution in [2.75, 3.05) is 26.8 Å². The summed E-state index contributed by atoms with van der Waals surface area (Å²) in [5.74, 6) is 0. The van der Waals surface area contributed by atoms with Crippen LogP contribution in [0.2, 0.25) is 0 Å². The van der Waals surface area contributed by atoms with Crippen LogP contribution in [0.4, 0.5) is 0 Å². The number of hydrogen-bond donors (Lipinski definition) is 1. The first-order chi connectivity index (χ1) is 9.17. The van der Waals surface area contributed by atoms with Crippen molar-refractivity contribution in [3.05, 3.63) is 0 Å². The van der Waals surface area contributed by atoms with Gasteiger partial charge in [-0.05, 0) is 59.0 Å². The predicted octanol–water partition coefficient (Wildman–Crippen LogP) is 2.80. The summed E-state index contributed by atoms with van der Waals surface area (Å²) in [5, 5.41) is 3.79. The van der Waals surface area contributed by atoms with Gasteiger partial charge in [0, 0.05) is 24.7 Å². The molecule has 0 radical (unpaired) electrons. The fourth-order valence-electron chi connectivity index (χ4n) is 4.04. The van der Waals surface area contributed by atoms with Gasteiger partial charge in [0.15, 0.2) is 0 Å². The Kier molecular flexibility index (Phi) is 5.67. The molecule has 2 aliphatic rings. The Morgan fingerprint density at radius 3 is 2.74 bits per heavy atom. The zero-order valence-corrected chi connectivity index (χ0v) is 13.1. The second-order valence-electron chi connectivity index (χ2n) is 6.78. The maximum absolute atomic E-state index is 5.54. The number of ether oxygens (including phenoxy) is 1. The van der Waals surface area contributed by atoms with Crippen molar-refractivity contribution in [2.24, 2.45) is 0 Å². The molecule has 0 aromatic rings. The number of nitrogens with zero attached hydrogens (tertiary/aromatic N) is 1. The standard InChI is InChI=1S/C16H32N2O/c1-14(2)18-11-7-4-8-15(18)12-16(13-19-3)9-5-6-10-17-16/h14-15,17H,4-13H2,1-3H3. The van der Waals surface area contributed by atoms with Gasteiger partial charge >= 0.3 is 0 Å². The Hall–Kier alpha value is -0.120. The third-order valence-electron chi connectivity index (χ3n) is 4.97. The van der Waals surface area contributed by atoms with Gasteiger partial charge in [-0.3, -0.25) is 4.90 Å². The van der Waals surface area contributed by atoms with E-state index in [-0.39, 0.29) is 5.54 Å². The number of hydrogen-bond acceptors (Lipinski definition) is 3. The molecule has 2 aliphatic heterocycles. The average molecular weight is 268 g/mol. The molecule has 3 nitrogen and oxygen atoms in total. The van der Waals surface area contributed by atoms with Gasteiger partial charge in [-0.2, -0.15) is 0 Å². The van der Waals surface area contributed by atoms with E-state index in [4.69, 9.17) is 4.74 Å². The highest BCUT2D eigenvalue weighted by molar-refractivity contribution is 4.96. The third kappa shape index (κ3) is 3.93. The molecule has 2 fully saturated rings. The summed E-state index contributed by atoms with van der Waals surface area (Å²) in [4.78, 5) is 2.72. The minimum Gasteiger partial charge on any atom is -0.383 e. The first-order valence-corrected chi connectivity index (χ1v) is 8.16. The van der Waals surface area contributed by atoms with E-state index in [0.717, 1.165) is 19.2 Å². The van der Waals surface area contributed by atoms with E-state index in [9.17, 15) is 0 Å². The molecule has 0 aromatic heterocycles. The zero-order valence-electron chi connectivity index (χ0n) is 13.1. The number of nitrogens with one attached hydrogen (secondary N) is 1. The van der Waals surface area contributed by atoms with E-state index in [1.807, 2.05) is 7.11 Å². The Labute approximate surface area is 119 Å². The van der Waals surface area contributed by atoms with E-state index in [1.165, 1.54) is 51.5 Å². The SMILES string of the molecule is COCC1(CC2CCCCN2C(C)C)CCCCN1. The van der Waals surface area contributed by atoms with Gasteiger partial charge in [-0.25, -0.2) is 0 Å². The number of piperidine rings is 2. The molecule has 3 heteroatoms. The van der Waals surface area contributed by atoms with Crippen LogP contribution in [-0.4, -0.2) is 49.3 Å². The molecule has 2 heterocycles. The average Bonchev–Trinajstić information content (AvgIpc) is 2.40. The lowest BCUT2D eigenvalue weighted by Crippen LogP contribution is -2.57. The van der Waals surface area contributed by atoms with Crippen molar-refractivity contribution in [1.29, 1.82) is 0 Å². The second kappa shape index (κ2) is 7.05. The van der Waals surface area contributed by atoms with Crippen LogP contribution in [0, 0.1) is 0 Å². The van der Waals surface area contributed by atoms with Crippen LogP contribution < -0.4 is 5.32 Å². The summed E-state index contributed by atoms with van der Waals surface area (Å²) < 4.78 is 5.54.